The van der Waals surface area contributed by atoms with Gasteiger partial charge in [0.1, 0.15) is 5.82 Å². The first kappa shape index (κ1) is 22.0. The maximum absolute atomic E-state index is 14.1. The molecule has 2 aromatic rings. The third kappa shape index (κ3) is 6.11. The van der Waals surface area contributed by atoms with E-state index >= 15 is 0 Å². The monoisotopic (exact) mass is 398 g/mol. The molecule has 154 valence electrons. The molecule has 7 heteroatoms. The van der Waals surface area contributed by atoms with E-state index in [1.807, 2.05) is 45.0 Å². The van der Waals surface area contributed by atoms with Crippen molar-refractivity contribution in [3.63, 3.8) is 0 Å². The molecule has 2 rings (SSSR count). The van der Waals surface area contributed by atoms with Gasteiger partial charge in [-0.25, -0.2) is 4.39 Å². The second kappa shape index (κ2) is 10.9. The van der Waals surface area contributed by atoms with Crippen molar-refractivity contribution in [3.8, 4) is 17.6 Å². The normalized spacial score (nSPS) is 12.1. The Morgan fingerprint density at radius 2 is 1.86 bits per heavy atom. The lowest BCUT2D eigenvalue weighted by molar-refractivity contribution is 0.287. The fourth-order valence-electron chi connectivity index (χ4n) is 2.76. The summed E-state index contributed by atoms with van der Waals surface area (Å²) in [6.07, 6.45) is 0. The zero-order valence-electron chi connectivity index (χ0n) is 17.3. The van der Waals surface area contributed by atoms with Gasteiger partial charge >= 0.3 is 0 Å². The number of nitrogens with zero attached hydrogens (tertiary/aromatic N) is 2. The summed E-state index contributed by atoms with van der Waals surface area (Å²) in [5, 5.41) is 15.2. The highest BCUT2D eigenvalue weighted by atomic mass is 19.1. The van der Waals surface area contributed by atoms with Crippen molar-refractivity contribution >= 4 is 5.96 Å². The van der Waals surface area contributed by atoms with Crippen molar-refractivity contribution in [2.75, 3.05) is 20.3 Å². The summed E-state index contributed by atoms with van der Waals surface area (Å²) in [5.74, 6) is 1.52. The van der Waals surface area contributed by atoms with E-state index in [2.05, 4.69) is 15.6 Å². The summed E-state index contributed by atoms with van der Waals surface area (Å²) < 4.78 is 25.3. The highest BCUT2D eigenvalue weighted by molar-refractivity contribution is 5.80. The molecule has 0 saturated carbocycles. The van der Waals surface area contributed by atoms with Crippen LogP contribution in [0.2, 0.25) is 0 Å². The zero-order valence-corrected chi connectivity index (χ0v) is 17.3. The highest BCUT2D eigenvalue weighted by Gasteiger charge is 2.13. The van der Waals surface area contributed by atoms with Gasteiger partial charge in [0, 0.05) is 19.2 Å². The van der Waals surface area contributed by atoms with E-state index in [1.165, 1.54) is 6.07 Å². The van der Waals surface area contributed by atoms with Gasteiger partial charge in [-0.2, -0.15) is 5.26 Å². The molecule has 0 saturated heterocycles. The van der Waals surface area contributed by atoms with E-state index in [1.54, 1.807) is 19.2 Å². The number of halogens is 1. The molecule has 1 unspecified atom stereocenters. The summed E-state index contributed by atoms with van der Waals surface area (Å²) in [5.41, 5.74) is 1.76. The lowest BCUT2D eigenvalue weighted by Gasteiger charge is -2.20. The quantitative estimate of drug-likeness (QED) is 0.520. The smallest absolute Gasteiger partial charge is 0.191 e. The first-order valence-electron chi connectivity index (χ1n) is 9.57. The van der Waals surface area contributed by atoms with Gasteiger partial charge in [0.15, 0.2) is 17.5 Å². The lowest BCUT2D eigenvalue weighted by Crippen LogP contribution is -2.38. The van der Waals surface area contributed by atoms with Crippen LogP contribution in [0, 0.1) is 17.1 Å². The summed E-state index contributed by atoms with van der Waals surface area (Å²) in [6.45, 7) is 7.22. The van der Waals surface area contributed by atoms with Gasteiger partial charge in [-0.3, -0.25) is 4.99 Å². The molecule has 0 spiro atoms. The number of ether oxygens (including phenoxy) is 2. The fraction of sp³-hybridized carbons (Fsp3) is 0.364. The van der Waals surface area contributed by atoms with Gasteiger partial charge in [-0.05, 0) is 50.6 Å². The van der Waals surface area contributed by atoms with Crippen LogP contribution in [0.4, 0.5) is 4.39 Å². The highest BCUT2D eigenvalue weighted by Crippen LogP contribution is 2.30. The molecule has 0 aliphatic carbocycles. The molecule has 0 aliphatic heterocycles. The van der Waals surface area contributed by atoms with Gasteiger partial charge in [0.25, 0.3) is 0 Å². The standard InChI is InChI=1S/C22H27FN4O2/c1-5-28-20-10-9-17(12-21(20)29-6-2)15(3)27-22(25-4)26-14-18-8-7-16(13-24)11-19(18)23/h7-12,15H,5-6,14H2,1-4H3,(H2,25,26,27). The van der Waals surface area contributed by atoms with E-state index in [9.17, 15) is 4.39 Å². The number of nitrogens with one attached hydrogen (secondary N) is 2. The Morgan fingerprint density at radius 3 is 2.48 bits per heavy atom. The molecule has 2 aromatic carbocycles. The average molecular weight is 398 g/mol. The minimum absolute atomic E-state index is 0.0677. The van der Waals surface area contributed by atoms with Crippen molar-refractivity contribution in [2.24, 2.45) is 4.99 Å². The van der Waals surface area contributed by atoms with Crippen molar-refractivity contribution in [2.45, 2.75) is 33.4 Å². The third-order valence-corrected chi connectivity index (χ3v) is 4.27. The topological polar surface area (TPSA) is 78.7 Å². The molecule has 0 bridgehead atoms. The van der Waals surface area contributed by atoms with Gasteiger partial charge in [0.05, 0.1) is 30.9 Å². The zero-order chi connectivity index (χ0) is 21.2. The summed E-state index contributed by atoms with van der Waals surface area (Å²) >= 11 is 0. The number of aliphatic imine (C=N–C) groups is 1. The molecule has 0 aromatic heterocycles. The molecule has 1 atom stereocenters. The van der Waals surface area contributed by atoms with E-state index in [0.29, 0.717) is 41.8 Å². The van der Waals surface area contributed by atoms with Crippen LogP contribution in [-0.4, -0.2) is 26.2 Å². The molecule has 29 heavy (non-hydrogen) atoms. The Balaban J connectivity index is 2.05. The molecule has 0 aliphatic rings. The fourth-order valence-corrected chi connectivity index (χ4v) is 2.76. The van der Waals surface area contributed by atoms with E-state index in [-0.39, 0.29) is 12.6 Å². The second-order valence-corrected chi connectivity index (χ2v) is 6.28. The maximum Gasteiger partial charge on any atom is 0.191 e. The molecule has 0 amide bonds. The molecule has 6 nitrogen and oxygen atoms in total. The summed E-state index contributed by atoms with van der Waals surface area (Å²) in [4.78, 5) is 4.20. The van der Waals surface area contributed by atoms with Crippen LogP contribution in [-0.2, 0) is 6.54 Å². The number of nitriles is 1. The average Bonchev–Trinajstić information content (AvgIpc) is 2.73. The Bertz CT molecular complexity index is 893. The Kier molecular flexibility index (Phi) is 8.28. The number of hydrogen-bond donors (Lipinski definition) is 2. The van der Waals surface area contributed by atoms with Gasteiger partial charge < -0.3 is 20.1 Å². The van der Waals surface area contributed by atoms with E-state index in [4.69, 9.17) is 14.7 Å². The molecular weight excluding hydrogens is 371 g/mol. The van der Waals surface area contributed by atoms with Gasteiger partial charge in [0.2, 0.25) is 0 Å². The minimum atomic E-state index is -0.423. The molecule has 0 heterocycles. The number of hydrogen-bond acceptors (Lipinski definition) is 4. The second-order valence-electron chi connectivity index (χ2n) is 6.28. The lowest BCUT2D eigenvalue weighted by atomic mass is 10.1. The Labute approximate surface area is 171 Å². The Morgan fingerprint density at radius 1 is 1.14 bits per heavy atom. The summed E-state index contributed by atoms with van der Waals surface area (Å²) in [6, 6.07) is 12.1. The summed E-state index contributed by atoms with van der Waals surface area (Å²) in [7, 11) is 1.65. The van der Waals surface area contributed by atoms with Crippen molar-refractivity contribution in [1.82, 2.24) is 10.6 Å². The minimum Gasteiger partial charge on any atom is -0.490 e. The van der Waals surface area contributed by atoms with Crippen LogP contribution in [0.3, 0.4) is 0 Å². The molecular formula is C22H27FN4O2. The Hall–Kier alpha value is -3.27. The molecule has 0 fully saturated rings. The maximum atomic E-state index is 14.1. The number of guanidine groups is 1. The predicted molar refractivity (Wildman–Crippen MR) is 112 cm³/mol. The van der Waals surface area contributed by atoms with Crippen LogP contribution in [0.15, 0.2) is 41.4 Å². The third-order valence-electron chi connectivity index (χ3n) is 4.27. The largest absolute Gasteiger partial charge is 0.490 e. The van der Waals surface area contributed by atoms with Crippen molar-refractivity contribution in [1.29, 1.82) is 5.26 Å². The number of rotatable bonds is 8. The van der Waals surface area contributed by atoms with Crippen molar-refractivity contribution in [3.05, 3.63) is 58.9 Å². The van der Waals surface area contributed by atoms with Crippen LogP contribution < -0.4 is 20.1 Å². The van der Waals surface area contributed by atoms with Crippen LogP contribution in [0.25, 0.3) is 0 Å². The number of benzene rings is 2. The van der Waals surface area contributed by atoms with Gasteiger partial charge in [-0.1, -0.05) is 12.1 Å². The van der Waals surface area contributed by atoms with Gasteiger partial charge in [-0.15, -0.1) is 0 Å². The van der Waals surface area contributed by atoms with Crippen LogP contribution in [0.5, 0.6) is 11.5 Å². The van der Waals surface area contributed by atoms with Crippen molar-refractivity contribution < 1.29 is 13.9 Å². The molecule has 0 radical (unpaired) electrons. The van der Waals surface area contributed by atoms with Crippen LogP contribution >= 0.6 is 0 Å². The van der Waals surface area contributed by atoms with Crippen LogP contribution in [0.1, 0.15) is 43.5 Å². The SMILES string of the molecule is CCOc1ccc(C(C)NC(=NC)NCc2ccc(C#N)cc2F)cc1OCC. The van der Waals surface area contributed by atoms with E-state index < -0.39 is 5.82 Å². The van der Waals surface area contributed by atoms with E-state index in [0.717, 1.165) is 5.56 Å². The predicted octanol–water partition coefficient (Wildman–Crippen LogP) is 3.92. The first-order chi connectivity index (χ1) is 14.0. The first-order valence-corrected chi connectivity index (χ1v) is 9.57. The molecule has 2 N–H and O–H groups in total.